The maximum absolute atomic E-state index is 9.50. The Morgan fingerprint density at radius 2 is 1.91 bits per heavy atom. The van der Waals surface area contributed by atoms with E-state index < -0.39 is 0 Å². The largest absolute Gasteiger partial charge is 0.355 e. The summed E-state index contributed by atoms with van der Waals surface area (Å²) in [6.45, 7) is 6.95. The topological polar surface area (TPSA) is 86.8 Å². The van der Waals surface area contributed by atoms with Gasteiger partial charge in [-0.05, 0) is 50.5 Å². The zero-order valence-corrected chi connectivity index (χ0v) is 19.0. The van der Waals surface area contributed by atoms with Gasteiger partial charge in [-0.3, -0.25) is 14.5 Å². The van der Waals surface area contributed by atoms with Crippen molar-refractivity contribution in [2.24, 2.45) is 0 Å². The lowest BCUT2D eigenvalue weighted by atomic mass is 9.95. The second kappa shape index (κ2) is 8.49. The molecule has 8 nitrogen and oxygen atoms in total. The Balaban J connectivity index is 1.47. The molecule has 0 radical (unpaired) electrons. The minimum absolute atomic E-state index is 0.230. The molecule has 0 aliphatic carbocycles. The fraction of sp³-hybridized carbons (Fsp3) is 0.435. The van der Waals surface area contributed by atoms with Gasteiger partial charge in [-0.15, -0.1) is 10.2 Å². The average Bonchev–Trinajstić information content (AvgIpc) is 3.14. The molecule has 9 heteroatoms. The molecule has 0 N–H and O–H groups in total. The molecule has 164 valence electrons. The molecule has 0 amide bonds. The van der Waals surface area contributed by atoms with Gasteiger partial charge in [-0.1, -0.05) is 11.6 Å². The molecule has 1 fully saturated rings. The molecule has 4 heterocycles. The van der Waals surface area contributed by atoms with Crippen LogP contribution in [-0.2, 0) is 13.1 Å². The Morgan fingerprint density at radius 1 is 1.12 bits per heavy atom. The van der Waals surface area contributed by atoms with E-state index in [1.165, 1.54) is 0 Å². The van der Waals surface area contributed by atoms with E-state index in [9.17, 15) is 5.26 Å². The Labute approximate surface area is 192 Å². The van der Waals surface area contributed by atoms with E-state index in [-0.39, 0.29) is 6.04 Å². The third-order valence-electron chi connectivity index (χ3n) is 6.50. The number of aryl methyl sites for hydroxylation is 1. The summed E-state index contributed by atoms with van der Waals surface area (Å²) in [5.74, 6) is 3.13. The summed E-state index contributed by atoms with van der Waals surface area (Å²) in [5, 5.41) is 19.4. The van der Waals surface area contributed by atoms with E-state index in [4.69, 9.17) is 11.6 Å². The third kappa shape index (κ3) is 3.72. The molecule has 1 atom stereocenters. The average molecular weight is 449 g/mol. The fourth-order valence-electron chi connectivity index (χ4n) is 4.73. The summed E-state index contributed by atoms with van der Waals surface area (Å²) >= 11 is 6.33. The highest BCUT2D eigenvalue weighted by Gasteiger charge is 2.31. The maximum Gasteiger partial charge on any atom is 0.151 e. The standard InChI is InChI=1S/C23H25ClN8/c1-15(12-25)31-13-18-11-19(24)3-4-20(18)32-21(14-31)28-29-23(32)17-5-9-30(10-6-17)22-16(2)26-7-8-27-22/h3-4,7-8,11,15,17H,5-6,9-10,13-14H2,1-2H3. The van der Waals surface area contributed by atoms with Crippen LogP contribution in [0.15, 0.2) is 30.6 Å². The van der Waals surface area contributed by atoms with Gasteiger partial charge in [-0.2, -0.15) is 5.26 Å². The van der Waals surface area contributed by atoms with Crippen molar-refractivity contribution < 1.29 is 0 Å². The molecule has 0 spiro atoms. The van der Waals surface area contributed by atoms with E-state index in [1.54, 1.807) is 12.4 Å². The number of piperidine rings is 1. The molecule has 2 aliphatic heterocycles. The SMILES string of the molecule is Cc1nccnc1N1CCC(c2nnc3n2-c2ccc(Cl)cc2CN(C(C)C#N)C3)CC1. The van der Waals surface area contributed by atoms with Gasteiger partial charge in [-0.25, -0.2) is 4.98 Å². The quantitative estimate of drug-likeness (QED) is 0.604. The monoisotopic (exact) mass is 448 g/mol. The van der Waals surface area contributed by atoms with E-state index >= 15 is 0 Å². The molecular formula is C23H25ClN8. The number of anilines is 1. The van der Waals surface area contributed by atoms with Crippen molar-refractivity contribution in [2.45, 2.75) is 51.7 Å². The molecule has 0 saturated carbocycles. The Hall–Kier alpha value is -3.02. The summed E-state index contributed by atoms with van der Waals surface area (Å²) in [4.78, 5) is 13.3. The van der Waals surface area contributed by atoms with Gasteiger partial charge in [0.25, 0.3) is 0 Å². The number of rotatable bonds is 3. The van der Waals surface area contributed by atoms with Gasteiger partial charge >= 0.3 is 0 Å². The number of nitrogens with zero attached hydrogens (tertiary/aromatic N) is 8. The van der Waals surface area contributed by atoms with Gasteiger partial charge in [0, 0.05) is 43.0 Å². The van der Waals surface area contributed by atoms with Gasteiger partial charge in [0.05, 0.1) is 30.0 Å². The minimum Gasteiger partial charge on any atom is -0.355 e. The number of benzene rings is 1. The molecule has 3 aromatic rings. The van der Waals surface area contributed by atoms with Crippen molar-refractivity contribution >= 4 is 17.4 Å². The number of fused-ring (bicyclic) bond motifs is 3. The van der Waals surface area contributed by atoms with Crippen LogP contribution in [-0.4, -0.2) is 48.8 Å². The number of nitriles is 1. The Kier molecular flexibility index (Phi) is 5.53. The molecule has 1 aromatic carbocycles. The number of aromatic nitrogens is 5. The van der Waals surface area contributed by atoms with Crippen LogP contribution in [0.25, 0.3) is 5.69 Å². The lowest BCUT2D eigenvalue weighted by Gasteiger charge is -2.33. The third-order valence-corrected chi connectivity index (χ3v) is 6.74. The highest BCUT2D eigenvalue weighted by molar-refractivity contribution is 6.30. The molecular weight excluding hydrogens is 424 g/mol. The van der Waals surface area contributed by atoms with Crippen LogP contribution >= 0.6 is 11.6 Å². The van der Waals surface area contributed by atoms with Crippen molar-refractivity contribution in [3.05, 3.63) is 58.5 Å². The zero-order valence-electron chi connectivity index (χ0n) is 18.2. The van der Waals surface area contributed by atoms with Crippen LogP contribution in [0.4, 0.5) is 5.82 Å². The predicted octanol–water partition coefficient (Wildman–Crippen LogP) is 3.63. The van der Waals surface area contributed by atoms with Gasteiger partial charge in [0.1, 0.15) is 11.6 Å². The first-order valence-corrected chi connectivity index (χ1v) is 11.3. The van der Waals surface area contributed by atoms with E-state index in [0.29, 0.717) is 24.0 Å². The Bertz CT molecular complexity index is 1170. The van der Waals surface area contributed by atoms with Crippen molar-refractivity contribution in [3.63, 3.8) is 0 Å². The van der Waals surface area contributed by atoms with Crippen LogP contribution in [0.1, 0.15) is 48.6 Å². The Morgan fingerprint density at radius 3 is 2.66 bits per heavy atom. The molecule has 1 saturated heterocycles. The molecule has 32 heavy (non-hydrogen) atoms. The fourth-order valence-corrected chi connectivity index (χ4v) is 4.93. The first-order valence-electron chi connectivity index (χ1n) is 10.9. The second-order valence-corrected chi connectivity index (χ2v) is 8.96. The van der Waals surface area contributed by atoms with Gasteiger partial charge < -0.3 is 4.90 Å². The zero-order chi connectivity index (χ0) is 22.2. The highest BCUT2D eigenvalue weighted by atomic mass is 35.5. The molecule has 2 aliphatic rings. The second-order valence-electron chi connectivity index (χ2n) is 8.52. The van der Waals surface area contributed by atoms with Gasteiger partial charge in [0.2, 0.25) is 0 Å². The molecule has 0 bridgehead atoms. The molecule has 1 unspecified atom stereocenters. The van der Waals surface area contributed by atoms with E-state index in [2.05, 4.69) is 40.6 Å². The van der Waals surface area contributed by atoms with Gasteiger partial charge in [0.15, 0.2) is 5.82 Å². The molecule has 2 aromatic heterocycles. The summed E-state index contributed by atoms with van der Waals surface area (Å²) < 4.78 is 2.20. The summed E-state index contributed by atoms with van der Waals surface area (Å²) in [5.41, 5.74) is 3.11. The summed E-state index contributed by atoms with van der Waals surface area (Å²) in [7, 11) is 0. The smallest absolute Gasteiger partial charge is 0.151 e. The lowest BCUT2D eigenvalue weighted by molar-refractivity contribution is 0.225. The predicted molar refractivity (Wildman–Crippen MR) is 122 cm³/mol. The van der Waals surface area contributed by atoms with Crippen molar-refractivity contribution in [2.75, 3.05) is 18.0 Å². The van der Waals surface area contributed by atoms with Crippen LogP contribution in [0.2, 0.25) is 5.02 Å². The van der Waals surface area contributed by atoms with Crippen molar-refractivity contribution in [1.29, 1.82) is 5.26 Å². The minimum atomic E-state index is -0.230. The van der Waals surface area contributed by atoms with Crippen LogP contribution in [0.3, 0.4) is 0 Å². The maximum atomic E-state index is 9.50. The summed E-state index contributed by atoms with van der Waals surface area (Å²) in [6.07, 6.45) is 5.42. The normalized spacial score (nSPS) is 17.9. The number of hydrogen-bond acceptors (Lipinski definition) is 7. The van der Waals surface area contributed by atoms with E-state index in [1.807, 2.05) is 32.0 Å². The van der Waals surface area contributed by atoms with Crippen LogP contribution in [0, 0.1) is 18.3 Å². The first kappa shape index (κ1) is 20.9. The number of hydrogen-bond donors (Lipinski definition) is 0. The van der Waals surface area contributed by atoms with Crippen LogP contribution < -0.4 is 4.90 Å². The summed E-state index contributed by atoms with van der Waals surface area (Å²) in [6, 6.07) is 8.08. The highest BCUT2D eigenvalue weighted by Crippen LogP contribution is 2.34. The van der Waals surface area contributed by atoms with Crippen molar-refractivity contribution in [3.8, 4) is 11.8 Å². The lowest BCUT2D eigenvalue weighted by Crippen LogP contribution is -2.35. The van der Waals surface area contributed by atoms with E-state index in [0.717, 1.165) is 60.3 Å². The number of halogens is 1. The first-order chi connectivity index (χ1) is 15.5. The van der Waals surface area contributed by atoms with Crippen molar-refractivity contribution in [1.82, 2.24) is 29.6 Å². The van der Waals surface area contributed by atoms with Crippen LogP contribution in [0.5, 0.6) is 0 Å². The molecule has 5 rings (SSSR count).